The average molecular weight is 162 g/mol. The number of likely N-dealkylation sites (N-methyl/N-ethyl adjacent to an activating group) is 1. The van der Waals surface area contributed by atoms with E-state index in [4.69, 9.17) is 5.11 Å². The first kappa shape index (κ1) is 9.70. The number of ether oxygens (including phenoxy) is 1. The van der Waals surface area contributed by atoms with Crippen LogP contribution in [0.4, 0.5) is 4.79 Å². The minimum Gasteiger partial charge on any atom is -0.434 e. The van der Waals surface area contributed by atoms with Crippen molar-refractivity contribution >= 4 is 12.0 Å². The quantitative estimate of drug-likeness (QED) is 0.455. The van der Waals surface area contributed by atoms with Crippen molar-refractivity contribution < 1.29 is 19.4 Å². The Morgan fingerprint density at radius 3 is 2.55 bits per heavy atom. The van der Waals surface area contributed by atoms with Crippen LogP contribution in [0, 0.1) is 0 Å². The minimum atomic E-state index is -1.21. The molecular weight excluding hydrogens is 152 g/mol. The Morgan fingerprint density at radius 2 is 2.27 bits per heavy atom. The Bertz CT molecular complexity index is 159. The van der Waals surface area contributed by atoms with Gasteiger partial charge in [-0.25, -0.2) is 4.79 Å². The number of hydrogen-bond acceptors (Lipinski definition) is 4. The normalized spacial score (nSPS) is 11.8. The third-order valence-electron chi connectivity index (χ3n) is 0.963. The van der Waals surface area contributed by atoms with Crippen molar-refractivity contribution in [1.82, 2.24) is 5.32 Å². The molecule has 0 rings (SSSR count). The molecule has 6 nitrogen and oxygen atoms in total. The lowest BCUT2D eigenvalue weighted by atomic mass is 10.3. The molecule has 4 N–H and O–H groups in total. The van der Waals surface area contributed by atoms with Crippen LogP contribution in [0.3, 0.4) is 0 Å². The van der Waals surface area contributed by atoms with E-state index in [1.807, 2.05) is 0 Å². The molecule has 1 atom stereocenters. The number of aliphatic hydroxyl groups excluding tert-OH is 1. The second-order valence-corrected chi connectivity index (χ2v) is 1.72. The van der Waals surface area contributed by atoms with Gasteiger partial charge in [0.15, 0.2) is 0 Å². The predicted octanol–water partition coefficient (Wildman–Crippen LogP) is -1.81. The van der Waals surface area contributed by atoms with Crippen molar-refractivity contribution in [2.75, 3.05) is 13.7 Å². The summed E-state index contributed by atoms with van der Waals surface area (Å²) in [7, 11) is 1.36. The first-order chi connectivity index (χ1) is 5.11. The van der Waals surface area contributed by atoms with Crippen LogP contribution in [0.2, 0.25) is 0 Å². The number of nitrogens with two attached hydrogens (primary N) is 1. The highest BCUT2D eigenvalue weighted by Crippen LogP contribution is 1.89. The molecule has 0 heterocycles. The van der Waals surface area contributed by atoms with Gasteiger partial charge in [0.05, 0.1) is 6.61 Å². The minimum absolute atomic E-state index is 0.581. The van der Waals surface area contributed by atoms with Crippen LogP contribution in [0.1, 0.15) is 0 Å². The number of carbonyl (C=O) groups is 2. The summed E-state index contributed by atoms with van der Waals surface area (Å²) in [6, 6.07) is 0. The van der Waals surface area contributed by atoms with E-state index < -0.39 is 24.7 Å². The van der Waals surface area contributed by atoms with E-state index in [0.717, 1.165) is 0 Å². The molecule has 0 aromatic heterocycles. The fourth-order valence-electron chi connectivity index (χ4n) is 0.475. The second-order valence-electron chi connectivity index (χ2n) is 1.72. The number of carbonyl (C=O) groups excluding carboxylic acids is 2. The van der Waals surface area contributed by atoms with Crippen LogP contribution in [0.5, 0.6) is 0 Å². The molecule has 0 aromatic carbocycles. The Morgan fingerprint density at radius 1 is 1.73 bits per heavy atom. The molecule has 0 aliphatic carbocycles. The van der Waals surface area contributed by atoms with Gasteiger partial charge in [0.2, 0.25) is 6.10 Å². The highest BCUT2D eigenvalue weighted by Gasteiger charge is 2.18. The first-order valence-corrected chi connectivity index (χ1v) is 2.90. The summed E-state index contributed by atoms with van der Waals surface area (Å²) in [5, 5.41) is 10.7. The molecule has 0 aromatic rings. The van der Waals surface area contributed by atoms with Crippen LogP contribution in [0.15, 0.2) is 0 Å². The van der Waals surface area contributed by atoms with Gasteiger partial charge in [0.1, 0.15) is 0 Å². The lowest BCUT2D eigenvalue weighted by Gasteiger charge is -2.10. The van der Waals surface area contributed by atoms with Crippen LogP contribution in [-0.2, 0) is 9.53 Å². The molecule has 6 heteroatoms. The van der Waals surface area contributed by atoms with E-state index in [9.17, 15) is 9.59 Å². The van der Waals surface area contributed by atoms with Crippen molar-refractivity contribution in [2.24, 2.45) is 5.73 Å². The summed E-state index contributed by atoms with van der Waals surface area (Å²) in [6.07, 6.45) is -2.30. The third-order valence-corrected chi connectivity index (χ3v) is 0.963. The fraction of sp³-hybridized carbons (Fsp3) is 0.600. The number of rotatable bonds is 3. The van der Waals surface area contributed by atoms with Crippen molar-refractivity contribution in [3.63, 3.8) is 0 Å². The Balaban J connectivity index is 3.94. The summed E-state index contributed by atoms with van der Waals surface area (Å²) < 4.78 is 4.23. The zero-order valence-corrected chi connectivity index (χ0v) is 6.03. The van der Waals surface area contributed by atoms with Crippen molar-refractivity contribution in [3.05, 3.63) is 0 Å². The van der Waals surface area contributed by atoms with Crippen LogP contribution in [0.25, 0.3) is 0 Å². The Hall–Kier alpha value is -1.30. The summed E-state index contributed by atoms with van der Waals surface area (Å²) >= 11 is 0. The summed E-state index contributed by atoms with van der Waals surface area (Å²) in [6.45, 7) is -0.581. The maximum atomic E-state index is 10.7. The molecule has 0 saturated carbocycles. The van der Waals surface area contributed by atoms with E-state index in [-0.39, 0.29) is 0 Å². The second kappa shape index (κ2) is 4.51. The van der Waals surface area contributed by atoms with Gasteiger partial charge in [-0.2, -0.15) is 0 Å². The maximum absolute atomic E-state index is 10.7. The predicted molar refractivity (Wildman–Crippen MR) is 35.6 cm³/mol. The van der Waals surface area contributed by atoms with Crippen molar-refractivity contribution in [1.29, 1.82) is 0 Å². The molecule has 64 valence electrons. The topological polar surface area (TPSA) is 102 Å². The maximum Gasteiger partial charge on any atom is 0.405 e. The zero-order valence-electron chi connectivity index (χ0n) is 6.03. The molecular formula is C5H10N2O4. The molecule has 0 saturated heterocycles. The van der Waals surface area contributed by atoms with E-state index >= 15 is 0 Å². The van der Waals surface area contributed by atoms with Gasteiger partial charge in [-0.15, -0.1) is 0 Å². The number of nitrogens with one attached hydrogen (secondary N) is 1. The van der Waals surface area contributed by atoms with E-state index in [2.05, 4.69) is 15.8 Å². The highest BCUT2D eigenvalue weighted by molar-refractivity contribution is 5.82. The average Bonchev–Trinajstić information content (AvgIpc) is 1.98. The van der Waals surface area contributed by atoms with Gasteiger partial charge in [-0.1, -0.05) is 0 Å². The fourth-order valence-corrected chi connectivity index (χ4v) is 0.475. The number of hydrogen-bond donors (Lipinski definition) is 3. The Kier molecular flexibility index (Phi) is 3.97. The SMILES string of the molecule is CNC(=O)[C@H](CO)OC(N)=O. The molecule has 0 unspecified atom stereocenters. The van der Waals surface area contributed by atoms with Crippen LogP contribution in [-0.4, -0.2) is 36.9 Å². The van der Waals surface area contributed by atoms with Gasteiger partial charge in [0, 0.05) is 7.05 Å². The smallest absolute Gasteiger partial charge is 0.405 e. The lowest BCUT2D eigenvalue weighted by Crippen LogP contribution is -2.39. The van der Waals surface area contributed by atoms with Gasteiger partial charge in [-0.3, -0.25) is 4.79 Å². The van der Waals surface area contributed by atoms with Gasteiger partial charge < -0.3 is 20.9 Å². The number of primary amides is 1. The summed E-state index contributed by atoms with van der Waals surface area (Å²) in [4.78, 5) is 20.8. The van der Waals surface area contributed by atoms with Gasteiger partial charge >= 0.3 is 6.09 Å². The molecule has 0 bridgehead atoms. The molecule has 0 spiro atoms. The van der Waals surface area contributed by atoms with E-state index in [0.29, 0.717) is 0 Å². The highest BCUT2D eigenvalue weighted by atomic mass is 16.6. The standard InChI is InChI=1S/C5H10N2O4/c1-7-4(9)3(2-8)11-5(6)10/h3,8H,2H2,1H3,(H2,6,10)(H,7,9)/t3-/m0/s1. The molecule has 0 aliphatic heterocycles. The number of aliphatic hydroxyl groups is 1. The largest absolute Gasteiger partial charge is 0.434 e. The van der Waals surface area contributed by atoms with Crippen molar-refractivity contribution in [2.45, 2.75) is 6.10 Å². The summed E-state index contributed by atoms with van der Waals surface area (Å²) in [5.41, 5.74) is 4.61. The Labute approximate surface area is 63.3 Å². The zero-order chi connectivity index (χ0) is 8.85. The van der Waals surface area contributed by atoms with Gasteiger partial charge in [-0.05, 0) is 0 Å². The van der Waals surface area contributed by atoms with Crippen LogP contribution >= 0.6 is 0 Å². The third kappa shape index (κ3) is 3.41. The molecule has 11 heavy (non-hydrogen) atoms. The lowest BCUT2D eigenvalue weighted by molar-refractivity contribution is -0.130. The monoisotopic (exact) mass is 162 g/mol. The van der Waals surface area contributed by atoms with E-state index in [1.165, 1.54) is 7.05 Å². The molecule has 0 fully saturated rings. The molecule has 0 radical (unpaired) electrons. The van der Waals surface area contributed by atoms with Crippen LogP contribution < -0.4 is 11.1 Å². The number of amides is 2. The first-order valence-electron chi connectivity index (χ1n) is 2.90. The molecule has 2 amide bonds. The summed E-state index contributed by atoms with van der Waals surface area (Å²) in [5.74, 6) is -0.591. The van der Waals surface area contributed by atoms with Gasteiger partial charge in [0.25, 0.3) is 5.91 Å². The van der Waals surface area contributed by atoms with E-state index in [1.54, 1.807) is 0 Å². The molecule has 0 aliphatic rings. The van der Waals surface area contributed by atoms with Crippen molar-refractivity contribution in [3.8, 4) is 0 Å².